The number of hydrogen-bond acceptors (Lipinski definition) is 3. The molecule has 0 aliphatic heterocycles. The van der Waals surface area contributed by atoms with Crippen LogP contribution in [0.15, 0.2) is 40.9 Å². The smallest absolute Gasteiger partial charge is 0.262 e. The molecule has 2 rings (SSSR count). The van der Waals surface area contributed by atoms with Crippen LogP contribution in [0.3, 0.4) is 0 Å². The normalized spacial score (nSPS) is 10.2. The van der Waals surface area contributed by atoms with E-state index in [9.17, 15) is 4.79 Å². The zero-order valence-corrected chi connectivity index (χ0v) is 13.5. The maximum atomic E-state index is 11.9. The summed E-state index contributed by atoms with van der Waals surface area (Å²) in [4.78, 5) is 11.9. The van der Waals surface area contributed by atoms with Gasteiger partial charge in [-0.1, -0.05) is 22.0 Å². The fraction of sp³-hybridized carbons (Fsp3) is 0.188. The van der Waals surface area contributed by atoms with Crippen LogP contribution < -0.4 is 15.8 Å². The van der Waals surface area contributed by atoms with E-state index < -0.39 is 0 Å². The van der Waals surface area contributed by atoms with Gasteiger partial charge in [0.1, 0.15) is 5.75 Å². The zero-order valence-electron chi connectivity index (χ0n) is 11.9. The van der Waals surface area contributed by atoms with Crippen LogP contribution in [0.25, 0.3) is 0 Å². The van der Waals surface area contributed by atoms with Crippen LogP contribution in [-0.4, -0.2) is 12.5 Å². The fourth-order valence-electron chi connectivity index (χ4n) is 1.79. The van der Waals surface area contributed by atoms with Crippen molar-refractivity contribution < 1.29 is 9.53 Å². The minimum atomic E-state index is -0.248. The van der Waals surface area contributed by atoms with Crippen molar-refractivity contribution in [1.29, 1.82) is 0 Å². The first-order chi connectivity index (χ1) is 9.95. The molecule has 2 aromatic rings. The summed E-state index contributed by atoms with van der Waals surface area (Å²) in [5.74, 6) is 0.430. The van der Waals surface area contributed by atoms with Crippen molar-refractivity contribution in [2.45, 2.75) is 13.8 Å². The van der Waals surface area contributed by atoms with Gasteiger partial charge in [0.25, 0.3) is 5.91 Å². The van der Waals surface area contributed by atoms with Crippen LogP contribution in [0.5, 0.6) is 5.75 Å². The van der Waals surface area contributed by atoms with E-state index in [0.717, 1.165) is 10.0 Å². The average Bonchev–Trinajstić information content (AvgIpc) is 2.43. The summed E-state index contributed by atoms with van der Waals surface area (Å²) in [5, 5.41) is 2.72. The second kappa shape index (κ2) is 6.63. The van der Waals surface area contributed by atoms with Crippen LogP contribution in [0.4, 0.5) is 11.4 Å². The molecule has 0 atom stereocenters. The molecule has 3 N–H and O–H groups in total. The number of benzene rings is 2. The molecule has 0 aliphatic rings. The Labute approximate surface area is 132 Å². The maximum Gasteiger partial charge on any atom is 0.262 e. The lowest BCUT2D eigenvalue weighted by Crippen LogP contribution is -2.20. The van der Waals surface area contributed by atoms with Gasteiger partial charge in [0.2, 0.25) is 0 Å². The molecule has 0 aliphatic carbocycles. The van der Waals surface area contributed by atoms with Crippen LogP contribution in [0.1, 0.15) is 11.1 Å². The van der Waals surface area contributed by atoms with Gasteiger partial charge in [-0.05, 0) is 55.3 Å². The summed E-state index contributed by atoms with van der Waals surface area (Å²) in [6.45, 7) is 3.98. The molecule has 110 valence electrons. The standard InChI is InChI=1S/C16H17BrN2O2/c1-10-3-5-13(7-11(10)2)21-9-16(20)19-15-6-4-12(17)8-14(15)18/h3-8H,9,18H2,1-2H3,(H,19,20). The predicted octanol–water partition coefficient (Wildman–Crippen LogP) is 3.67. The van der Waals surface area contributed by atoms with E-state index in [4.69, 9.17) is 10.5 Å². The van der Waals surface area contributed by atoms with Crippen LogP contribution in [-0.2, 0) is 4.79 Å². The molecule has 0 spiro atoms. The highest BCUT2D eigenvalue weighted by atomic mass is 79.9. The Morgan fingerprint density at radius 1 is 1.19 bits per heavy atom. The molecular formula is C16H17BrN2O2. The number of carbonyl (C=O) groups excluding carboxylic acids is 1. The quantitative estimate of drug-likeness (QED) is 0.828. The Kier molecular flexibility index (Phi) is 4.85. The lowest BCUT2D eigenvalue weighted by Gasteiger charge is -2.10. The minimum Gasteiger partial charge on any atom is -0.484 e. The Morgan fingerprint density at radius 3 is 2.62 bits per heavy atom. The summed E-state index contributed by atoms with van der Waals surface area (Å²) >= 11 is 3.32. The van der Waals surface area contributed by atoms with E-state index in [1.54, 1.807) is 12.1 Å². The molecule has 2 aromatic carbocycles. The molecule has 0 saturated carbocycles. The van der Waals surface area contributed by atoms with Crippen molar-refractivity contribution in [3.8, 4) is 5.75 Å². The largest absolute Gasteiger partial charge is 0.484 e. The number of aryl methyl sites for hydroxylation is 2. The van der Waals surface area contributed by atoms with Gasteiger partial charge in [0.15, 0.2) is 6.61 Å². The minimum absolute atomic E-state index is 0.0575. The van der Waals surface area contributed by atoms with Gasteiger partial charge >= 0.3 is 0 Å². The number of nitrogen functional groups attached to an aromatic ring is 1. The number of amides is 1. The van der Waals surface area contributed by atoms with E-state index in [0.29, 0.717) is 17.1 Å². The maximum absolute atomic E-state index is 11.9. The highest BCUT2D eigenvalue weighted by molar-refractivity contribution is 9.10. The van der Waals surface area contributed by atoms with Crippen LogP contribution >= 0.6 is 15.9 Å². The number of nitrogens with one attached hydrogen (secondary N) is 1. The third kappa shape index (κ3) is 4.23. The summed E-state index contributed by atoms with van der Waals surface area (Å²) in [6.07, 6.45) is 0. The van der Waals surface area contributed by atoms with Crippen molar-refractivity contribution in [3.63, 3.8) is 0 Å². The lowest BCUT2D eigenvalue weighted by molar-refractivity contribution is -0.118. The first kappa shape index (κ1) is 15.4. The molecular weight excluding hydrogens is 332 g/mol. The molecule has 4 nitrogen and oxygen atoms in total. The van der Waals surface area contributed by atoms with E-state index in [1.807, 2.05) is 38.1 Å². The van der Waals surface area contributed by atoms with Gasteiger partial charge in [-0.25, -0.2) is 0 Å². The highest BCUT2D eigenvalue weighted by Gasteiger charge is 2.07. The van der Waals surface area contributed by atoms with E-state index >= 15 is 0 Å². The number of halogens is 1. The first-order valence-corrected chi connectivity index (χ1v) is 7.30. The Hall–Kier alpha value is -2.01. The number of nitrogens with two attached hydrogens (primary N) is 1. The van der Waals surface area contributed by atoms with E-state index in [2.05, 4.69) is 21.2 Å². The Morgan fingerprint density at radius 2 is 1.95 bits per heavy atom. The van der Waals surface area contributed by atoms with Crippen molar-refractivity contribution >= 4 is 33.2 Å². The lowest BCUT2D eigenvalue weighted by atomic mass is 10.1. The van der Waals surface area contributed by atoms with Crippen molar-refractivity contribution in [1.82, 2.24) is 0 Å². The van der Waals surface area contributed by atoms with Gasteiger partial charge in [0, 0.05) is 4.47 Å². The van der Waals surface area contributed by atoms with Gasteiger partial charge in [0.05, 0.1) is 11.4 Å². The summed E-state index contributed by atoms with van der Waals surface area (Å²) in [6, 6.07) is 11.0. The molecule has 1 amide bonds. The van der Waals surface area contributed by atoms with Crippen molar-refractivity contribution in [3.05, 3.63) is 52.0 Å². The number of hydrogen-bond donors (Lipinski definition) is 2. The van der Waals surface area contributed by atoms with Crippen LogP contribution in [0, 0.1) is 13.8 Å². The molecule has 5 heteroatoms. The van der Waals surface area contributed by atoms with Gasteiger partial charge in [-0.3, -0.25) is 4.79 Å². The monoisotopic (exact) mass is 348 g/mol. The third-order valence-electron chi connectivity index (χ3n) is 3.14. The second-order valence-electron chi connectivity index (χ2n) is 4.81. The molecule has 0 fully saturated rings. The van der Waals surface area contributed by atoms with Crippen molar-refractivity contribution in [2.24, 2.45) is 0 Å². The average molecular weight is 349 g/mol. The number of anilines is 2. The van der Waals surface area contributed by atoms with Gasteiger partial charge in [-0.15, -0.1) is 0 Å². The Bertz CT molecular complexity index is 671. The first-order valence-electron chi connectivity index (χ1n) is 6.50. The van der Waals surface area contributed by atoms with Crippen molar-refractivity contribution in [2.75, 3.05) is 17.7 Å². The molecule has 0 aromatic heterocycles. The van der Waals surface area contributed by atoms with E-state index in [1.165, 1.54) is 5.56 Å². The topological polar surface area (TPSA) is 64.3 Å². The molecule has 0 unspecified atom stereocenters. The van der Waals surface area contributed by atoms with Crippen LogP contribution in [0.2, 0.25) is 0 Å². The predicted molar refractivity (Wildman–Crippen MR) is 88.6 cm³/mol. The second-order valence-corrected chi connectivity index (χ2v) is 5.73. The Balaban J connectivity index is 1.94. The number of rotatable bonds is 4. The summed E-state index contributed by atoms with van der Waals surface area (Å²) in [7, 11) is 0. The molecule has 21 heavy (non-hydrogen) atoms. The fourth-order valence-corrected chi connectivity index (χ4v) is 2.17. The molecule has 0 heterocycles. The SMILES string of the molecule is Cc1ccc(OCC(=O)Nc2ccc(Br)cc2N)cc1C. The van der Waals surface area contributed by atoms with E-state index in [-0.39, 0.29) is 12.5 Å². The molecule has 0 saturated heterocycles. The van der Waals surface area contributed by atoms with Gasteiger partial charge < -0.3 is 15.8 Å². The molecule has 0 bridgehead atoms. The van der Waals surface area contributed by atoms with Gasteiger partial charge in [-0.2, -0.15) is 0 Å². The summed E-state index contributed by atoms with van der Waals surface area (Å²) < 4.78 is 6.34. The number of carbonyl (C=O) groups is 1. The third-order valence-corrected chi connectivity index (χ3v) is 3.63. The molecule has 0 radical (unpaired) electrons. The zero-order chi connectivity index (χ0) is 15.4. The summed E-state index contributed by atoms with van der Waals surface area (Å²) in [5.41, 5.74) is 9.23. The highest BCUT2D eigenvalue weighted by Crippen LogP contribution is 2.23. The number of ether oxygens (including phenoxy) is 1.